The van der Waals surface area contributed by atoms with Gasteiger partial charge >= 0.3 is 0 Å². The Bertz CT molecular complexity index is 302. The van der Waals surface area contributed by atoms with Gasteiger partial charge in [0.2, 0.25) is 11.8 Å². The fourth-order valence-electron chi connectivity index (χ4n) is 1.22. The van der Waals surface area contributed by atoms with Crippen LogP contribution in [0.25, 0.3) is 0 Å². The van der Waals surface area contributed by atoms with Crippen molar-refractivity contribution in [2.24, 2.45) is 0 Å². The average molecular weight is 243 g/mol. The van der Waals surface area contributed by atoms with Crippen molar-refractivity contribution in [2.75, 3.05) is 26.9 Å². The van der Waals surface area contributed by atoms with Crippen molar-refractivity contribution in [3.63, 3.8) is 0 Å². The second kappa shape index (κ2) is 8.16. The quantitative estimate of drug-likeness (QED) is 0.646. The molecule has 0 radical (unpaired) electrons. The van der Waals surface area contributed by atoms with Gasteiger partial charge in [-0.3, -0.25) is 0 Å². The van der Waals surface area contributed by atoms with Crippen molar-refractivity contribution in [3.05, 3.63) is 11.8 Å². The molecule has 98 valence electrons. The minimum absolute atomic E-state index is 0.341. The van der Waals surface area contributed by atoms with E-state index in [1.807, 2.05) is 0 Å². The molecule has 0 saturated heterocycles. The Morgan fingerprint density at radius 2 is 2.00 bits per heavy atom. The zero-order valence-corrected chi connectivity index (χ0v) is 10.7. The molecule has 0 saturated carbocycles. The first kappa shape index (κ1) is 14.1. The smallest absolute Gasteiger partial charge is 0.242 e. The van der Waals surface area contributed by atoms with E-state index >= 15 is 0 Å². The van der Waals surface area contributed by atoms with Crippen molar-refractivity contribution in [2.45, 2.75) is 32.9 Å². The van der Waals surface area contributed by atoms with E-state index in [4.69, 9.17) is 13.9 Å². The number of aromatic nitrogens is 2. The molecule has 1 heterocycles. The minimum atomic E-state index is 0.341. The van der Waals surface area contributed by atoms with E-state index in [1.165, 1.54) is 0 Å². The first-order valence-electron chi connectivity index (χ1n) is 5.83. The van der Waals surface area contributed by atoms with Gasteiger partial charge in [-0.05, 0) is 0 Å². The van der Waals surface area contributed by atoms with Crippen LogP contribution in [0.2, 0.25) is 0 Å². The molecule has 0 amide bonds. The van der Waals surface area contributed by atoms with E-state index < -0.39 is 0 Å². The summed E-state index contributed by atoms with van der Waals surface area (Å²) in [5.41, 5.74) is 0. The number of nitrogens with one attached hydrogen (secondary N) is 1. The fourth-order valence-corrected chi connectivity index (χ4v) is 1.22. The molecule has 6 nitrogen and oxygen atoms in total. The predicted molar refractivity (Wildman–Crippen MR) is 62.7 cm³/mol. The second-order valence-electron chi connectivity index (χ2n) is 3.99. The van der Waals surface area contributed by atoms with E-state index in [0.29, 0.717) is 37.6 Å². The summed E-state index contributed by atoms with van der Waals surface area (Å²) in [6.45, 7) is 6.48. The number of rotatable bonds is 9. The minimum Gasteiger partial charge on any atom is -0.423 e. The summed E-state index contributed by atoms with van der Waals surface area (Å²) in [7, 11) is 1.63. The van der Waals surface area contributed by atoms with Crippen LogP contribution in [0.5, 0.6) is 0 Å². The Balaban J connectivity index is 2.18. The number of hydrogen-bond acceptors (Lipinski definition) is 6. The van der Waals surface area contributed by atoms with Gasteiger partial charge in [-0.1, -0.05) is 13.8 Å². The molecule has 1 aromatic heterocycles. The van der Waals surface area contributed by atoms with E-state index in [0.717, 1.165) is 13.0 Å². The lowest BCUT2D eigenvalue weighted by molar-refractivity contribution is 0.0513. The fraction of sp³-hybridized carbons (Fsp3) is 0.818. The summed E-state index contributed by atoms with van der Waals surface area (Å²) >= 11 is 0. The summed E-state index contributed by atoms with van der Waals surface area (Å²) in [4.78, 5) is 0. The lowest BCUT2D eigenvalue weighted by Crippen LogP contribution is -2.25. The molecule has 0 aliphatic rings. The SMILES string of the molecule is COCCOCc1nnc(CCNC(C)C)o1. The zero-order chi connectivity index (χ0) is 12.5. The van der Waals surface area contributed by atoms with Crippen LogP contribution in [-0.2, 0) is 22.5 Å². The average Bonchev–Trinajstić information content (AvgIpc) is 2.72. The first-order valence-corrected chi connectivity index (χ1v) is 5.83. The van der Waals surface area contributed by atoms with Gasteiger partial charge in [-0.15, -0.1) is 10.2 Å². The highest BCUT2D eigenvalue weighted by molar-refractivity contribution is 4.81. The molecule has 6 heteroatoms. The molecule has 0 spiro atoms. The topological polar surface area (TPSA) is 69.4 Å². The maximum atomic E-state index is 5.42. The molecule has 0 bridgehead atoms. The Morgan fingerprint density at radius 3 is 2.71 bits per heavy atom. The molecular formula is C11H21N3O3. The van der Waals surface area contributed by atoms with E-state index in [1.54, 1.807) is 7.11 Å². The van der Waals surface area contributed by atoms with Gasteiger partial charge in [-0.2, -0.15) is 0 Å². The van der Waals surface area contributed by atoms with Crippen LogP contribution in [0.4, 0.5) is 0 Å². The van der Waals surface area contributed by atoms with Crippen molar-refractivity contribution in [3.8, 4) is 0 Å². The van der Waals surface area contributed by atoms with Crippen LogP contribution >= 0.6 is 0 Å². The summed E-state index contributed by atoms with van der Waals surface area (Å²) in [6, 6.07) is 0.467. The van der Waals surface area contributed by atoms with Gasteiger partial charge < -0.3 is 19.2 Å². The summed E-state index contributed by atoms with van der Waals surface area (Å²) in [5, 5.41) is 11.1. The molecule has 0 aliphatic carbocycles. The molecular weight excluding hydrogens is 222 g/mol. The van der Waals surface area contributed by atoms with Crippen molar-refractivity contribution >= 4 is 0 Å². The van der Waals surface area contributed by atoms with E-state index in [9.17, 15) is 0 Å². The molecule has 0 atom stereocenters. The standard InChI is InChI=1S/C11H21N3O3/c1-9(2)12-5-4-10-13-14-11(17-10)8-16-7-6-15-3/h9,12H,4-8H2,1-3H3. The Kier molecular flexibility index (Phi) is 6.76. The lowest BCUT2D eigenvalue weighted by atomic mass is 10.3. The van der Waals surface area contributed by atoms with Crippen LogP contribution < -0.4 is 5.32 Å². The van der Waals surface area contributed by atoms with Crippen LogP contribution in [0.1, 0.15) is 25.6 Å². The van der Waals surface area contributed by atoms with Crippen molar-refractivity contribution in [1.82, 2.24) is 15.5 Å². The van der Waals surface area contributed by atoms with Crippen LogP contribution in [0, 0.1) is 0 Å². The maximum Gasteiger partial charge on any atom is 0.242 e. The Labute approximate surface area is 102 Å². The summed E-state index contributed by atoms with van der Waals surface area (Å²) < 4.78 is 15.6. The third-order valence-corrected chi connectivity index (χ3v) is 2.06. The molecule has 1 rings (SSSR count). The second-order valence-corrected chi connectivity index (χ2v) is 3.99. The number of methoxy groups -OCH3 is 1. The van der Waals surface area contributed by atoms with Gasteiger partial charge in [0.05, 0.1) is 13.2 Å². The highest BCUT2D eigenvalue weighted by atomic mass is 16.5. The monoisotopic (exact) mass is 243 g/mol. The predicted octanol–water partition coefficient (Wildman–Crippen LogP) is 0.773. The highest BCUT2D eigenvalue weighted by Crippen LogP contribution is 2.01. The molecule has 0 fully saturated rings. The van der Waals surface area contributed by atoms with Gasteiger partial charge in [0, 0.05) is 26.1 Å². The maximum absolute atomic E-state index is 5.42. The summed E-state index contributed by atoms with van der Waals surface area (Å²) in [5.74, 6) is 1.16. The zero-order valence-electron chi connectivity index (χ0n) is 10.7. The number of ether oxygens (including phenoxy) is 2. The van der Waals surface area contributed by atoms with Crippen LogP contribution in [0.15, 0.2) is 4.42 Å². The van der Waals surface area contributed by atoms with Gasteiger partial charge in [0.15, 0.2) is 0 Å². The van der Waals surface area contributed by atoms with E-state index in [-0.39, 0.29) is 0 Å². The molecule has 0 aliphatic heterocycles. The molecule has 1 aromatic rings. The molecule has 0 unspecified atom stereocenters. The molecule has 1 N–H and O–H groups in total. The van der Waals surface area contributed by atoms with Crippen LogP contribution in [0.3, 0.4) is 0 Å². The van der Waals surface area contributed by atoms with Crippen LogP contribution in [-0.4, -0.2) is 43.1 Å². The largest absolute Gasteiger partial charge is 0.423 e. The van der Waals surface area contributed by atoms with E-state index in [2.05, 4.69) is 29.4 Å². The third-order valence-electron chi connectivity index (χ3n) is 2.06. The molecule has 17 heavy (non-hydrogen) atoms. The number of hydrogen-bond donors (Lipinski definition) is 1. The van der Waals surface area contributed by atoms with Crippen molar-refractivity contribution < 1.29 is 13.9 Å². The van der Waals surface area contributed by atoms with Gasteiger partial charge in [0.25, 0.3) is 0 Å². The van der Waals surface area contributed by atoms with Gasteiger partial charge in [-0.25, -0.2) is 0 Å². The Hall–Kier alpha value is -0.980. The Morgan fingerprint density at radius 1 is 1.24 bits per heavy atom. The third kappa shape index (κ3) is 6.35. The number of nitrogens with zero attached hydrogens (tertiary/aromatic N) is 2. The first-order chi connectivity index (χ1) is 8.22. The van der Waals surface area contributed by atoms with Crippen molar-refractivity contribution in [1.29, 1.82) is 0 Å². The van der Waals surface area contributed by atoms with Gasteiger partial charge in [0.1, 0.15) is 6.61 Å². The normalized spacial score (nSPS) is 11.3. The lowest BCUT2D eigenvalue weighted by Gasteiger charge is -2.04. The molecule has 0 aromatic carbocycles. The highest BCUT2D eigenvalue weighted by Gasteiger charge is 2.05. The summed E-state index contributed by atoms with van der Waals surface area (Å²) in [6.07, 6.45) is 0.739.